The SMILES string of the molecule is Cc1cc(C(=O)O)cc(C)c1OCC(C)O. The van der Waals surface area contributed by atoms with Crippen LogP contribution in [0.5, 0.6) is 5.75 Å². The third kappa shape index (κ3) is 2.97. The van der Waals surface area contributed by atoms with E-state index in [1.54, 1.807) is 32.9 Å². The van der Waals surface area contributed by atoms with Crippen LogP contribution in [0.2, 0.25) is 0 Å². The molecule has 1 unspecified atom stereocenters. The lowest BCUT2D eigenvalue weighted by Gasteiger charge is -2.14. The molecule has 2 N–H and O–H groups in total. The van der Waals surface area contributed by atoms with Gasteiger partial charge >= 0.3 is 5.97 Å². The average molecular weight is 224 g/mol. The Kier molecular flexibility index (Phi) is 3.90. The molecular weight excluding hydrogens is 208 g/mol. The van der Waals surface area contributed by atoms with Gasteiger partial charge in [-0.2, -0.15) is 0 Å². The van der Waals surface area contributed by atoms with Gasteiger partial charge in [-0.05, 0) is 44.0 Å². The summed E-state index contributed by atoms with van der Waals surface area (Å²) in [5.74, 6) is -0.306. The molecule has 0 aliphatic carbocycles. The van der Waals surface area contributed by atoms with Gasteiger partial charge in [0, 0.05) is 0 Å². The first-order valence-electron chi connectivity index (χ1n) is 5.07. The molecule has 0 amide bonds. The van der Waals surface area contributed by atoms with Gasteiger partial charge in [0.15, 0.2) is 0 Å². The largest absolute Gasteiger partial charge is 0.490 e. The number of carboxylic acids is 1. The van der Waals surface area contributed by atoms with Crippen LogP contribution in [0, 0.1) is 13.8 Å². The summed E-state index contributed by atoms with van der Waals surface area (Å²) in [7, 11) is 0. The summed E-state index contributed by atoms with van der Waals surface area (Å²) in [6.07, 6.45) is -0.544. The zero-order chi connectivity index (χ0) is 12.3. The number of aryl methyl sites for hydroxylation is 2. The molecule has 1 aromatic carbocycles. The zero-order valence-corrected chi connectivity index (χ0v) is 9.65. The minimum Gasteiger partial charge on any atom is -0.490 e. The van der Waals surface area contributed by atoms with Crippen molar-refractivity contribution in [3.63, 3.8) is 0 Å². The number of hydrogen-bond acceptors (Lipinski definition) is 3. The minimum atomic E-state index is -0.951. The summed E-state index contributed by atoms with van der Waals surface area (Å²) in [6.45, 7) is 5.41. The van der Waals surface area contributed by atoms with Gasteiger partial charge in [-0.1, -0.05) is 0 Å². The van der Waals surface area contributed by atoms with Crippen LogP contribution in [-0.2, 0) is 0 Å². The third-order valence-corrected chi connectivity index (χ3v) is 2.18. The first-order valence-corrected chi connectivity index (χ1v) is 5.07. The van der Waals surface area contributed by atoms with Gasteiger partial charge in [0.25, 0.3) is 0 Å². The second-order valence-corrected chi connectivity index (χ2v) is 3.90. The predicted molar refractivity (Wildman–Crippen MR) is 60.1 cm³/mol. The van der Waals surface area contributed by atoms with Gasteiger partial charge in [0.2, 0.25) is 0 Å². The van der Waals surface area contributed by atoms with Gasteiger partial charge < -0.3 is 14.9 Å². The van der Waals surface area contributed by atoms with Crippen LogP contribution in [0.3, 0.4) is 0 Å². The fourth-order valence-electron chi connectivity index (χ4n) is 1.51. The lowest BCUT2D eigenvalue weighted by molar-refractivity contribution is 0.0696. The zero-order valence-electron chi connectivity index (χ0n) is 9.65. The second-order valence-electron chi connectivity index (χ2n) is 3.90. The van der Waals surface area contributed by atoms with Crippen LogP contribution < -0.4 is 4.74 Å². The summed E-state index contributed by atoms with van der Waals surface area (Å²) >= 11 is 0. The number of aliphatic hydroxyl groups is 1. The maximum Gasteiger partial charge on any atom is 0.335 e. The van der Waals surface area contributed by atoms with E-state index in [0.29, 0.717) is 5.75 Å². The molecule has 0 aliphatic heterocycles. The number of aliphatic hydroxyl groups excluding tert-OH is 1. The Labute approximate surface area is 94.5 Å². The molecule has 4 heteroatoms. The molecule has 1 aromatic rings. The Morgan fingerprint density at radius 2 is 1.88 bits per heavy atom. The van der Waals surface area contributed by atoms with Crippen molar-refractivity contribution >= 4 is 5.97 Å². The van der Waals surface area contributed by atoms with Crippen molar-refractivity contribution < 1.29 is 19.7 Å². The molecule has 0 aliphatic rings. The quantitative estimate of drug-likeness (QED) is 0.817. The van der Waals surface area contributed by atoms with E-state index in [1.807, 2.05) is 0 Å². The van der Waals surface area contributed by atoms with E-state index in [0.717, 1.165) is 11.1 Å². The number of aromatic carboxylic acids is 1. The monoisotopic (exact) mass is 224 g/mol. The molecule has 0 heterocycles. The maximum absolute atomic E-state index is 10.8. The molecule has 0 bridgehead atoms. The van der Waals surface area contributed by atoms with Crippen molar-refractivity contribution in [1.82, 2.24) is 0 Å². The number of benzene rings is 1. The summed E-state index contributed by atoms with van der Waals surface area (Å²) < 4.78 is 5.42. The van der Waals surface area contributed by atoms with Crippen molar-refractivity contribution in [2.75, 3.05) is 6.61 Å². The normalized spacial score (nSPS) is 12.2. The molecule has 1 atom stereocenters. The summed E-state index contributed by atoms with van der Waals surface area (Å²) in [6, 6.07) is 3.12. The Bertz CT molecular complexity index is 373. The molecule has 16 heavy (non-hydrogen) atoms. The van der Waals surface area contributed by atoms with Crippen molar-refractivity contribution in [2.45, 2.75) is 26.9 Å². The summed E-state index contributed by atoms with van der Waals surface area (Å²) in [5, 5.41) is 18.0. The van der Waals surface area contributed by atoms with Gasteiger partial charge in [-0.15, -0.1) is 0 Å². The van der Waals surface area contributed by atoms with Crippen LogP contribution in [0.1, 0.15) is 28.4 Å². The molecular formula is C12H16O4. The van der Waals surface area contributed by atoms with Crippen LogP contribution in [-0.4, -0.2) is 28.9 Å². The van der Waals surface area contributed by atoms with E-state index in [2.05, 4.69) is 0 Å². The van der Waals surface area contributed by atoms with Gasteiger partial charge in [-0.3, -0.25) is 0 Å². The van der Waals surface area contributed by atoms with Crippen LogP contribution in [0.4, 0.5) is 0 Å². The highest BCUT2D eigenvalue weighted by molar-refractivity contribution is 5.88. The minimum absolute atomic E-state index is 0.202. The first kappa shape index (κ1) is 12.5. The lowest BCUT2D eigenvalue weighted by Crippen LogP contribution is -2.14. The second kappa shape index (κ2) is 4.99. The molecule has 88 valence electrons. The van der Waals surface area contributed by atoms with Gasteiger partial charge in [0.1, 0.15) is 12.4 Å². The van der Waals surface area contributed by atoms with Crippen molar-refractivity contribution in [1.29, 1.82) is 0 Å². The number of ether oxygens (including phenoxy) is 1. The molecule has 0 radical (unpaired) electrons. The Morgan fingerprint density at radius 1 is 1.38 bits per heavy atom. The van der Waals surface area contributed by atoms with Crippen LogP contribution in [0.25, 0.3) is 0 Å². The van der Waals surface area contributed by atoms with Gasteiger partial charge in [0.05, 0.1) is 11.7 Å². The smallest absolute Gasteiger partial charge is 0.335 e. The molecule has 1 rings (SSSR count). The van der Waals surface area contributed by atoms with Crippen molar-refractivity contribution in [3.8, 4) is 5.75 Å². The van der Waals surface area contributed by atoms with Crippen LogP contribution in [0.15, 0.2) is 12.1 Å². The van der Waals surface area contributed by atoms with E-state index in [-0.39, 0.29) is 12.2 Å². The number of rotatable bonds is 4. The average Bonchev–Trinajstić information content (AvgIpc) is 2.15. The molecule has 0 fully saturated rings. The van der Waals surface area contributed by atoms with Crippen LogP contribution >= 0.6 is 0 Å². The van der Waals surface area contributed by atoms with Crippen molar-refractivity contribution in [3.05, 3.63) is 28.8 Å². The maximum atomic E-state index is 10.8. The predicted octanol–water partition coefficient (Wildman–Crippen LogP) is 1.76. The third-order valence-electron chi connectivity index (χ3n) is 2.18. The Morgan fingerprint density at radius 3 is 2.25 bits per heavy atom. The van der Waals surface area contributed by atoms with E-state index in [9.17, 15) is 4.79 Å². The fraction of sp³-hybridized carbons (Fsp3) is 0.417. The molecule has 0 aromatic heterocycles. The van der Waals surface area contributed by atoms with E-state index < -0.39 is 12.1 Å². The summed E-state index contributed by atoms with van der Waals surface area (Å²) in [5.41, 5.74) is 1.77. The Hall–Kier alpha value is -1.55. The number of carbonyl (C=O) groups is 1. The Balaban J connectivity index is 2.98. The van der Waals surface area contributed by atoms with E-state index >= 15 is 0 Å². The molecule has 0 saturated heterocycles. The first-order chi connectivity index (χ1) is 7.41. The number of carboxylic acid groups (broad SMARTS) is 1. The summed E-state index contributed by atoms with van der Waals surface area (Å²) in [4.78, 5) is 10.8. The van der Waals surface area contributed by atoms with E-state index in [4.69, 9.17) is 14.9 Å². The van der Waals surface area contributed by atoms with E-state index in [1.165, 1.54) is 0 Å². The van der Waals surface area contributed by atoms with Gasteiger partial charge in [-0.25, -0.2) is 4.79 Å². The highest BCUT2D eigenvalue weighted by Crippen LogP contribution is 2.24. The molecule has 0 spiro atoms. The molecule has 4 nitrogen and oxygen atoms in total. The highest BCUT2D eigenvalue weighted by Gasteiger charge is 2.11. The molecule has 0 saturated carbocycles. The lowest BCUT2D eigenvalue weighted by atomic mass is 10.1. The standard InChI is InChI=1S/C12H16O4/c1-7-4-10(12(14)15)5-8(2)11(7)16-6-9(3)13/h4-5,9,13H,6H2,1-3H3,(H,14,15). The topological polar surface area (TPSA) is 66.8 Å². The van der Waals surface area contributed by atoms with Crippen molar-refractivity contribution in [2.24, 2.45) is 0 Å². The fourth-order valence-corrected chi connectivity index (χ4v) is 1.51. The number of hydrogen-bond donors (Lipinski definition) is 2. The highest BCUT2D eigenvalue weighted by atomic mass is 16.5.